The summed E-state index contributed by atoms with van der Waals surface area (Å²) in [6, 6.07) is 18.4. The van der Waals surface area contributed by atoms with Crippen LogP contribution in [-0.4, -0.2) is 40.9 Å². The molecule has 2 heterocycles. The summed E-state index contributed by atoms with van der Waals surface area (Å²) in [5.41, 5.74) is 4.22. The number of phenols is 2. The zero-order valence-electron chi connectivity index (χ0n) is 21.6. The van der Waals surface area contributed by atoms with E-state index in [1.807, 2.05) is 31.2 Å². The molecule has 1 saturated heterocycles. The standard InChI is InChI=1S/C31H34ClNO4/c1-4-21-13-14-33(17-21)19(2)18-36-25-9-5-22(6-10-25)31-30(27-16-23(34)7-11-28(27)32)20(3)26-15-24(35)8-12-29(26)37-31/h5-12,15-16,19,21,31,34-35H,4,13-14,17-18H2,1-3H3/t19-,21+,31?/m0/s1. The van der Waals surface area contributed by atoms with Crippen LogP contribution in [0, 0.1) is 5.92 Å². The lowest BCUT2D eigenvalue weighted by atomic mass is 9.86. The van der Waals surface area contributed by atoms with E-state index in [4.69, 9.17) is 21.1 Å². The predicted molar refractivity (Wildman–Crippen MR) is 148 cm³/mol. The molecule has 0 aliphatic carbocycles. The van der Waals surface area contributed by atoms with Crippen LogP contribution in [0.2, 0.25) is 5.02 Å². The zero-order valence-corrected chi connectivity index (χ0v) is 22.3. The van der Waals surface area contributed by atoms with Gasteiger partial charge in [-0.3, -0.25) is 4.90 Å². The van der Waals surface area contributed by atoms with Gasteiger partial charge in [0.15, 0.2) is 0 Å². The first kappa shape index (κ1) is 25.5. The van der Waals surface area contributed by atoms with E-state index in [0.717, 1.165) is 47.0 Å². The van der Waals surface area contributed by atoms with Crippen molar-refractivity contribution in [1.29, 1.82) is 0 Å². The van der Waals surface area contributed by atoms with Gasteiger partial charge in [0, 0.05) is 34.3 Å². The van der Waals surface area contributed by atoms with Gasteiger partial charge in [0.05, 0.1) is 0 Å². The summed E-state index contributed by atoms with van der Waals surface area (Å²) < 4.78 is 12.6. The quantitative estimate of drug-likeness (QED) is 0.342. The third-order valence-electron chi connectivity index (χ3n) is 7.71. The maximum Gasteiger partial charge on any atom is 0.150 e. The number of likely N-dealkylation sites (tertiary alicyclic amines) is 1. The SMILES string of the molecule is CC[C@@H]1CCN([C@@H](C)COc2ccc(C3Oc4ccc(O)cc4C(C)=C3c3cc(O)ccc3Cl)cc2)C1. The number of allylic oxidation sites excluding steroid dienone is 1. The smallest absolute Gasteiger partial charge is 0.150 e. The third kappa shape index (κ3) is 5.29. The van der Waals surface area contributed by atoms with E-state index in [2.05, 4.69) is 18.7 Å². The van der Waals surface area contributed by atoms with Gasteiger partial charge < -0.3 is 19.7 Å². The molecule has 2 aliphatic rings. The van der Waals surface area contributed by atoms with Gasteiger partial charge in [0.1, 0.15) is 35.7 Å². The molecule has 0 bridgehead atoms. The Labute approximate surface area is 223 Å². The van der Waals surface area contributed by atoms with Gasteiger partial charge in [-0.05, 0) is 92.4 Å². The van der Waals surface area contributed by atoms with Crippen molar-refractivity contribution in [2.75, 3.05) is 19.7 Å². The molecule has 0 saturated carbocycles. The number of rotatable bonds is 7. The largest absolute Gasteiger partial charge is 0.508 e. The van der Waals surface area contributed by atoms with Gasteiger partial charge in [-0.1, -0.05) is 37.1 Å². The molecule has 37 heavy (non-hydrogen) atoms. The highest BCUT2D eigenvalue weighted by molar-refractivity contribution is 6.32. The lowest BCUT2D eigenvalue weighted by molar-refractivity contribution is 0.168. The van der Waals surface area contributed by atoms with Crippen LogP contribution in [0.3, 0.4) is 0 Å². The van der Waals surface area contributed by atoms with Crippen LogP contribution in [0.4, 0.5) is 0 Å². The molecule has 0 radical (unpaired) electrons. The minimum Gasteiger partial charge on any atom is -0.508 e. The number of nitrogens with zero attached hydrogens (tertiary/aromatic N) is 1. The fraction of sp³-hybridized carbons (Fsp3) is 0.355. The van der Waals surface area contributed by atoms with Gasteiger partial charge >= 0.3 is 0 Å². The second-order valence-corrected chi connectivity index (χ2v) is 10.6. The van der Waals surface area contributed by atoms with Gasteiger partial charge in [-0.25, -0.2) is 0 Å². The summed E-state index contributed by atoms with van der Waals surface area (Å²) in [4.78, 5) is 2.52. The second-order valence-electron chi connectivity index (χ2n) is 10.2. The van der Waals surface area contributed by atoms with Crippen molar-refractivity contribution in [3.63, 3.8) is 0 Å². The summed E-state index contributed by atoms with van der Waals surface area (Å²) in [5, 5.41) is 20.8. The van der Waals surface area contributed by atoms with Crippen molar-refractivity contribution in [2.24, 2.45) is 5.92 Å². The van der Waals surface area contributed by atoms with Crippen molar-refractivity contribution in [2.45, 2.75) is 45.8 Å². The Morgan fingerprint density at radius 1 is 1.03 bits per heavy atom. The van der Waals surface area contributed by atoms with Crippen LogP contribution in [0.1, 0.15) is 56.4 Å². The minimum absolute atomic E-state index is 0.126. The van der Waals surface area contributed by atoms with E-state index >= 15 is 0 Å². The number of ether oxygens (including phenoxy) is 2. The van der Waals surface area contributed by atoms with Crippen LogP contribution < -0.4 is 9.47 Å². The summed E-state index contributed by atoms with van der Waals surface area (Å²) in [5.74, 6) is 2.60. The highest BCUT2D eigenvalue weighted by Crippen LogP contribution is 2.49. The van der Waals surface area contributed by atoms with Crippen molar-refractivity contribution in [1.82, 2.24) is 4.90 Å². The first-order valence-corrected chi connectivity index (χ1v) is 13.4. The average molecular weight is 520 g/mol. The fourth-order valence-corrected chi connectivity index (χ4v) is 5.62. The number of fused-ring (bicyclic) bond motifs is 1. The lowest BCUT2D eigenvalue weighted by Gasteiger charge is -2.31. The number of phenolic OH excluding ortho intramolecular Hbond substituents is 2. The van der Waals surface area contributed by atoms with Crippen LogP contribution >= 0.6 is 11.6 Å². The Morgan fingerprint density at radius 2 is 1.73 bits per heavy atom. The molecule has 3 aromatic carbocycles. The molecule has 3 atom stereocenters. The molecular weight excluding hydrogens is 486 g/mol. The Hall–Kier alpha value is -3.15. The minimum atomic E-state index is -0.445. The first-order chi connectivity index (χ1) is 17.8. The third-order valence-corrected chi connectivity index (χ3v) is 8.04. The van der Waals surface area contributed by atoms with E-state index in [1.54, 1.807) is 36.4 Å². The fourth-order valence-electron chi connectivity index (χ4n) is 5.40. The molecule has 5 rings (SSSR count). The second kappa shape index (κ2) is 10.7. The Balaban J connectivity index is 1.41. The molecule has 0 amide bonds. The first-order valence-electron chi connectivity index (χ1n) is 13.0. The van der Waals surface area contributed by atoms with E-state index in [-0.39, 0.29) is 11.5 Å². The Bertz CT molecular complexity index is 1300. The van der Waals surface area contributed by atoms with Gasteiger partial charge in [0.25, 0.3) is 0 Å². The maximum absolute atomic E-state index is 10.2. The van der Waals surface area contributed by atoms with Crippen LogP contribution in [-0.2, 0) is 0 Å². The summed E-state index contributed by atoms with van der Waals surface area (Å²) in [6.45, 7) is 9.44. The van der Waals surface area contributed by atoms with Crippen molar-refractivity contribution < 1.29 is 19.7 Å². The molecule has 0 spiro atoms. The van der Waals surface area contributed by atoms with E-state index in [0.29, 0.717) is 29.0 Å². The average Bonchev–Trinajstić information content (AvgIpc) is 3.39. The number of hydrogen-bond acceptors (Lipinski definition) is 5. The summed E-state index contributed by atoms with van der Waals surface area (Å²) in [6.07, 6.45) is 2.07. The Kier molecular flexibility index (Phi) is 7.36. The van der Waals surface area contributed by atoms with Crippen LogP contribution in [0.15, 0.2) is 60.7 Å². The molecule has 1 unspecified atom stereocenters. The monoisotopic (exact) mass is 519 g/mol. The van der Waals surface area contributed by atoms with Crippen molar-refractivity contribution in [3.05, 3.63) is 82.4 Å². The van der Waals surface area contributed by atoms with Gasteiger partial charge in [-0.15, -0.1) is 0 Å². The number of hydrogen-bond donors (Lipinski definition) is 2. The molecule has 0 aromatic heterocycles. The molecule has 5 nitrogen and oxygen atoms in total. The molecule has 194 valence electrons. The van der Waals surface area contributed by atoms with Gasteiger partial charge in [0.2, 0.25) is 0 Å². The number of aromatic hydroxyl groups is 2. The van der Waals surface area contributed by atoms with Crippen molar-refractivity contribution in [3.8, 4) is 23.0 Å². The molecule has 1 fully saturated rings. The lowest BCUT2D eigenvalue weighted by Crippen LogP contribution is -2.35. The van der Waals surface area contributed by atoms with Crippen molar-refractivity contribution >= 4 is 22.7 Å². The zero-order chi connectivity index (χ0) is 26.1. The number of halogens is 1. The highest BCUT2D eigenvalue weighted by atomic mass is 35.5. The van der Waals surface area contributed by atoms with E-state index in [9.17, 15) is 10.2 Å². The predicted octanol–water partition coefficient (Wildman–Crippen LogP) is 7.31. The molecule has 6 heteroatoms. The topological polar surface area (TPSA) is 62.2 Å². The highest BCUT2D eigenvalue weighted by Gasteiger charge is 2.31. The molecular formula is C31H34ClNO4. The van der Waals surface area contributed by atoms with Crippen LogP contribution in [0.25, 0.3) is 11.1 Å². The Morgan fingerprint density at radius 3 is 2.43 bits per heavy atom. The molecule has 2 aliphatic heterocycles. The molecule has 2 N–H and O–H groups in total. The maximum atomic E-state index is 10.2. The van der Waals surface area contributed by atoms with Crippen LogP contribution in [0.5, 0.6) is 23.0 Å². The number of benzene rings is 3. The van der Waals surface area contributed by atoms with Gasteiger partial charge in [-0.2, -0.15) is 0 Å². The summed E-state index contributed by atoms with van der Waals surface area (Å²) >= 11 is 6.60. The van der Waals surface area contributed by atoms with E-state index in [1.165, 1.54) is 12.8 Å². The molecule has 3 aromatic rings. The normalized spacial score (nSPS) is 20.4. The summed E-state index contributed by atoms with van der Waals surface area (Å²) in [7, 11) is 0. The van der Waals surface area contributed by atoms with E-state index < -0.39 is 6.10 Å².